The highest BCUT2D eigenvalue weighted by atomic mass is 19.1. The summed E-state index contributed by atoms with van der Waals surface area (Å²) in [6.45, 7) is 3.36. The van der Waals surface area contributed by atoms with E-state index in [4.69, 9.17) is 5.73 Å². The van der Waals surface area contributed by atoms with Crippen molar-refractivity contribution in [1.29, 1.82) is 0 Å². The second kappa shape index (κ2) is 3.47. The molecule has 2 N–H and O–H groups in total. The molecule has 0 saturated carbocycles. The molecule has 0 saturated heterocycles. The minimum atomic E-state index is -0.907. The van der Waals surface area contributed by atoms with Gasteiger partial charge in [-0.25, -0.2) is 4.39 Å². The number of alkyl halides is 1. The van der Waals surface area contributed by atoms with Gasteiger partial charge in [0, 0.05) is 5.70 Å². The third-order valence-electron chi connectivity index (χ3n) is 0.852. The predicted octanol–water partition coefficient (Wildman–Crippen LogP) is 1.60. The van der Waals surface area contributed by atoms with E-state index < -0.39 is 6.17 Å². The minimum absolute atomic E-state index is 0.625. The quantitative estimate of drug-likeness (QED) is 0.584. The molecule has 0 amide bonds. The summed E-state index contributed by atoms with van der Waals surface area (Å²) in [5.74, 6) is 0. The zero-order valence-electron chi connectivity index (χ0n) is 5.32. The Bertz CT molecular complexity index is 86.5. The molecule has 48 valence electrons. The molecule has 1 nitrogen and oxygen atoms in total. The SMILES string of the molecule is CC/C(N)=C\C(C)F. The van der Waals surface area contributed by atoms with E-state index in [0.29, 0.717) is 5.70 Å². The van der Waals surface area contributed by atoms with E-state index in [1.807, 2.05) is 6.92 Å². The van der Waals surface area contributed by atoms with Crippen molar-refractivity contribution in [2.75, 3.05) is 0 Å². The summed E-state index contributed by atoms with van der Waals surface area (Å²) in [6, 6.07) is 0. The number of nitrogens with two attached hydrogens (primary N) is 1. The van der Waals surface area contributed by atoms with Gasteiger partial charge >= 0.3 is 0 Å². The van der Waals surface area contributed by atoms with Crippen LogP contribution in [0.3, 0.4) is 0 Å². The molecule has 0 spiro atoms. The third kappa shape index (κ3) is 3.65. The van der Waals surface area contributed by atoms with Crippen LogP contribution in [0.2, 0.25) is 0 Å². The number of halogens is 1. The Labute approximate surface area is 49.4 Å². The Morgan fingerprint density at radius 3 is 2.50 bits per heavy atom. The molecule has 0 radical (unpaired) electrons. The molecule has 0 aliphatic heterocycles. The monoisotopic (exact) mass is 117 g/mol. The van der Waals surface area contributed by atoms with Gasteiger partial charge in [-0.2, -0.15) is 0 Å². The summed E-state index contributed by atoms with van der Waals surface area (Å²) in [5, 5.41) is 0. The van der Waals surface area contributed by atoms with E-state index in [2.05, 4.69) is 0 Å². The highest BCUT2D eigenvalue weighted by Crippen LogP contribution is 1.96. The summed E-state index contributed by atoms with van der Waals surface area (Å²) in [7, 11) is 0. The molecule has 1 atom stereocenters. The Balaban J connectivity index is 3.56. The minimum Gasteiger partial charge on any atom is -0.402 e. The maximum atomic E-state index is 12.0. The molecule has 0 aliphatic carbocycles. The van der Waals surface area contributed by atoms with Crippen LogP contribution in [-0.2, 0) is 0 Å². The van der Waals surface area contributed by atoms with Gasteiger partial charge in [0.15, 0.2) is 0 Å². The second-order valence-corrected chi connectivity index (χ2v) is 1.77. The topological polar surface area (TPSA) is 26.0 Å². The van der Waals surface area contributed by atoms with Crippen LogP contribution in [0.15, 0.2) is 11.8 Å². The smallest absolute Gasteiger partial charge is 0.117 e. The number of rotatable bonds is 2. The lowest BCUT2D eigenvalue weighted by Gasteiger charge is -1.94. The third-order valence-corrected chi connectivity index (χ3v) is 0.852. The Hall–Kier alpha value is -0.530. The lowest BCUT2D eigenvalue weighted by atomic mass is 10.3. The Morgan fingerprint density at radius 2 is 2.38 bits per heavy atom. The summed E-state index contributed by atoms with van der Waals surface area (Å²) in [6.07, 6.45) is 1.24. The van der Waals surface area contributed by atoms with E-state index >= 15 is 0 Å². The molecule has 0 aliphatic rings. The van der Waals surface area contributed by atoms with E-state index in [1.54, 1.807) is 0 Å². The predicted molar refractivity (Wildman–Crippen MR) is 33.1 cm³/mol. The number of hydrogen-bond acceptors (Lipinski definition) is 1. The Morgan fingerprint density at radius 1 is 1.88 bits per heavy atom. The van der Waals surface area contributed by atoms with Gasteiger partial charge in [-0.3, -0.25) is 0 Å². The van der Waals surface area contributed by atoms with Gasteiger partial charge < -0.3 is 5.73 Å². The summed E-state index contributed by atoms with van der Waals surface area (Å²) in [5.41, 5.74) is 5.92. The molecule has 0 aromatic carbocycles. The maximum Gasteiger partial charge on any atom is 0.117 e. The molecule has 0 rings (SSSR count). The highest BCUT2D eigenvalue weighted by molar-refractivity contribution is 4.98. The maximum absolute atomic E-state index is 12.0. The molecule has 0 aromatic rings. The van der Waals surface area contributed by atoms with Crippen molar-refractivity contribution in [2.24, 2.45) is 5.73 Å². The first-order chi connectivity index (χ1) is 3.66. The van der Waals surface area contributed by atoms with Crippen molar-refractivity contribution in [3.8, 4) is 0 Å². The first-order valence-electron chi connectivity index (χ1n) is 2.77. The second-order valence-electron chi connectivity index (χ2n) is 1.77. The standard InChI is InChI=1S/C6H12FN/c1-3-6(8)4-5(2)7/h4-5H,3,8H2,1-2H3/b6-4+. The highest BCUT2D eigenvalue weighted by Gasteiger charge is 1.90. The van der Waals surface area contributed by atoms with E-state index in [0.717, 1.165) is 6.42 Å². The molecular formula is C6H12FN. The fourth-order valence-electron chi connectivity index (χ4n) is 0.413. The average molecular weight is 117 g/mol. The van der Waals surface area contributed by atoms with Crippen molar-refractivity contribution in [3.05, 3.63) is 11.8 Å². The lowest BCUT2D eigenvalue weighted by Crippen LogP contribution is -1.98. The average Bonchev–Trinajstić information content (AvgIpc) is 1.65. The largest absolute Gasteiger partial charge is 0.402 e. The van der Waals surface area contributed by atoms with Crippen LogP contribution in [0.4, 0.5) is 4.39 Å². The molecule has 2 heteroatoms. The normalized spacial score (nSPS) is 16.1. The Kier molecular flexibility index (Phi) is 3.24. The zero-order chi connectivity index (χ0) is 6.57. The van der Waals surface area contributed by atoms with Gasteiger partial charge in [0.2, 0.25) is 0 Å². The van der Waals surface area contributed by atoms with Crippen molar-refractivity contribution >= 4 is 0 Å². The molecule has 0 heterocycles. The van der Waals surface area contributed by atoms with Crippen molar-refractivity contribution in [3.63, 3.8) is 0 Å². The number of allylic oxidation sites excluding steroid dienone is 2. The molecule has 0 fully saturated rings. The first-order valence-corrected chi connectivity index (χ1v) is 2.77. The van der Waals surface area contributed by atoms with Crippen molar-refractivity contribution in [1.82, 2.24) is 0 Å². The summed E-state index contributed by atoms with van der Waals surface area (Å²) < 4.78 is 12.0. The molecular weight excluding hydrogens is 105 g/mol. The van der Waals surface area contributed by atoms with E-state index in [-0.39, 0.29) is 0 Å². The van der Waals surface area contributed by atoms with E-state index in [9.17, 15) is 4.39 Å². The van der Waals surface area contributed by atoms with Crippen LogP contribution in [0.5, 0.6) is 0 Å². The van der Waals surface area contributed by atoms with Gasteiger partial charge in [-0.1, -0.05) is 6.92 Å². The van der Waals surface area contributed by atoms with Gasteiger partial charge in [0.1, 0.15) is 6.17 Å². The van der Waals surface area contributed by atoms with Gasteiger partial charge in [-0.15, -0.1) is 0 Å². The fraction of sp³-hybridized carbons (Fsp3) is 0.667. The zero-order valence-corrected chi connectivity index (χ0v) is 5.32. The van der Waals surface area contributed by atoms with Crippen molar-refractivity contribution in [2.45, 2.75) is 26.4 Å². The number of hydrogen-bond donors (Lipinski definition) is 1. The van der Waals surface area contributed by atoms with Gasteiger partial charge in [0.05, 0.1) is 0 Å². The summed E-state index contributed by atoms with van der Waals surface area (Å²) >= 11 is 0. The van der Waals surface area contributed by atoms with Crippen LogP contribution in [-0.4, -0.2) is 6.17 Å². The van der Waals surface area contributed by atoms with E-state index in [1.165, 1.54) is 13.0 Å². The van der Waals surface area contributed by atoms with Gasteiger partial charge in [0.25, 0.3) is 0 Å². The van der Waals surface area contributed by atoms with Crippen LogP contribution in [0.25, 0.3) is 0 Å². The van der Waals surface area contributed by atoms with Gasteiger partial charge in [-0.05, 0) is 19.4 Å². The lowest BCUT2D eigenvalue weighted by molar-refractivity contribution is 0.428. The molecule has 8 heavy (non-hydrogen) atoms. The fourth-order valence-corrected chi connectivity index (χ4v) is 0.413. The molecule has 1 unspecified atom stereocenters. The van der Waals surface area contributed by atoms with Crippen LogP contribution < -0.4 is 5.73 Å². The molecule has 0 aromatic heterocycles. The van der Waals surface area contributed by atoms with Crippen LogP contribution in [0.1, 0.15) is 20.3 Å². The summed E-state index contributed by atoms with van der Waals surface area (Å²) in [4.78, 5) is 0. The molecule has 0 bridgehead atoms. The van der Waals surface area contributed by atoms with Crippen LogP contribution >= 0.6 is 0 Å². The van der Waals surface area contributed by atoms with Crippen molar-refractivity contribution < 1.29 is 4.39 Å². The van der Waals surface area contributed by atoms with Crippen LogP contribution in [0, 0.1) is 0 Å². The first kappa shape index (κ1) is 7.47.